The Labute approximate surface area is 68.3 Å². The van der Waals surface area contributed by atoms with Gasteiger partial charge in [-0.15, -0.1) is 0 Å². The Balaban J connectivity index is 3.03. The van der Waals surface area contributed by atoms with E-state index in [0.717, 1.165) is 6.08 Å². The van der Waals surface area contributed by atoms with Crippen LogP contribution in [0.15, 0.2) is 30.6 Å². The average Bonchev–Trinajstić information content (AvgIpc) is 2.05. The van der Waals surface area contributed by atoms with Crippen LogP contribution in [0.2, 0.25) is 0 Å². The Morgan fingerprint density at radius 3 is 2.83 bits per heavy atom. The molecule has 3 nitrogen and oxygen atoms in total. The fourth-order valence-corrected chi connectivity index (χ4v) is 0.815. The third-order valence-electron chi connectivity index (χ3n) is 1.34. The summed E-state index contributed by atoms with van der Waals surface area (Å²) in [6, 6.07) is 5.75. The van der Waals surface area contributed by atoms with Crippen LogP contribution < -0.4 is 0 Å². The van der Waals surface area contributed by atoms with E-state index in [-0.39, 0.29) is 5.69 Å². The number of hydrogen-bond donors (Lipinski definition) is 0. The van der Waals surface area contributed by atoms with E-state index in [9.17, 15) is 14.5 Å². The lowest BCUT2D eigenvalue weighted by atomic mass is 10.2. The van der Waals surface area contributed by atoms with Gasteiger partial charge in [-0.05, 0) is 11.6 Å². The average molecular weight is 167 g/mol. The molecule has 0 atom stereocenters. The largest absolute Gasteiger partial charge is 0.270 e. The van der Waals surface area contributed by atoms with Gasteiger partial charge in [-0.1, -0.05) is 12.1 Å². The van der Waals surface area contributed by atoms with Crippen LogP contribution in [0.25, 0.3) is 6.08 Å². The van der Waals surface area contributed by atoms with Gasteiger partial charge in [-0.25, -0.2) is 4.39 Å². The van der Waals surface area contributed by atoms with E-state index in [0.29, 0.717) is 11.9 Å². The van der Waals surface area contributed by atoms with Crippen molar-refractivity contribution in [2.24, 2.45) is 0 Å². The van der Waals surface area contributed by atoms with Crippen LogP contribution in [0.4, 0.5) is 10.1 Å². The Kier molecular flexibility index (Phi) is 2.53. The molecule has 1 aromatic rings. The summed E-state index contributed by atoms with van der Waals surface area (Å²) < 4.78 is 11.7. The molecule has 0 N–H and O–H groups in total. The molecule has 0 radical (unpaired) electrons. The summed E-state index contributed by atoms with van der Waals surface area (Å²) in [5.41, 5.74) is 0.442. The molecule has 0 saturated carbocycles. The Morgan fingerprint density at radius 1 is 1.50 bits per heavy atom. The van der Waals surface area contributed by atoms with Crippen LogP contribution in [0.5, 0.6) is 0 Å². The zero-order valence-corrected chi connectivity index (χ0v) is 6.11. The first kappa shape index (κ1) is 8.39. The molecule has 62 valence electrons. The second kappa shape index (κ2) is 3.61. The van der Waals surface area contributed by atoms with Crippen LogP contribution in [-0.4, -0.2) is 4.92 Å². The highest BCUT2D eigenvalue weighted by atomic mass is 19.1. The molecule has 0 aliphatic carbocycles. The van der Waals surface area contributed by atoms with Gasteiger partial charge in [-0.2, -0.15) is 0 Å². The van der Waals surface area contributed by atoms with E-state index < -0.39 is 4.92 Å². The van der Waals surface area contributed by atoms with Crippen molar-refractivity contribution in [1.82, 2.24) is 0 Å². The van der Waals surface area contributed by atoms with Gasteiger partial charge in [-0.3, -0.25) is 10.1 Å². The first-order valence-electron chi connectivity index (χ1n) is 3.25. The lowest BCUT2D eigenvalue weighted by molar-refractivity contribution is -0.384. The maximum Gasteiger partial charge on any atom is 0.270 e. The van der Waals surface area contributed by atoms with Crippen LogP contribution in [0, 0.1) is 10.1 Å². The second-order valence-corrected chi connectivity index (χ2v) is 2.14. The monoisotopic (exact) mass is 167 g/mol. The van der Waals surface area contributed by atoms with Crippen molar-refractivity contribution in [2.75, 3.05) is 0 Å². The van der Waals surface area contributed by atoms with Crippen LogP contribution >= 0.6 is 0 Å². The number of halogens is 1. The summed E-state index contributed by atoms with van der Waals surface area (Å²) >= 11 is 0. The molecule has 0 aliphatic heterocycles. The quantitative estimate of drug-likeness (QED) is 0.501. The van der Waals surface area contributed by atoms with Crippen LogP contribution in [0.1, 0.15) is 5.56 Å². The molecule has 0 bridgehead atoms. The Bertz CT molecular complexity index is 323. The van der Waals surface area contributed by atoms with Crippen molar-refractivity contribution in [3.05, 3.63) is 46.3 Å². The zero-order chi connectivity index (χ0) is 8.97. The highest BCUT2D eigenvalue weighted by Crippen LogP contribution is 2.13. The molecule has 4 heteroatoms. The molecular formula is C8H6FNO2. The molecule has 0 fully saturated rings. The lowest BCUT2D eigenvalue weighted by Crippen LogP contribution is -1.87. The minimum Gasteiger partial charge on any atom is -0.258 e. The van der Waals surface area contributed by atoms with Crippen molar-refractivity contribution in [3.63, 3.8) is 0 Å². The fraction of sp³-hybridized carbons (Fsp3) is 0. The smallest absolute Gasteiger partial charge is 0.258 e. The molecule has 0 spiro atoms. The predicted octanol–water partition coefficient (Wildman–Crippen LogP) is 2.54. The summed E-state index contributed by atoms with van der Waals surface area (Å²) in [6.45, 7) is 0. The van der Waals surface area contributed by atoms with E-state index in [1.165, 1.54) is 18.2 Å². The summed E-state index contributed by atoms with van der Waals surface area (Å²) in [5.74, 6) is 0. The minimum atomic E-state index is -0.518. The minimum absolute atomic E-state index is 0.0365. The van der Waals surface area contributed by atoms with E-state index >= 15 is 0 Å². The fourth-order valence-electron chi connectivity index (χ4n) is 0.815. The first-order valence-corrected chi connectivity index (χ1v) is 3.25. The molecular weight excluding hydrogens is 161 g/mol. The van der Waals surface area contributed by atoms with Crippen molar-refractivity contribution < 1.29 is 9.31 Å². The molecule has 0 saturated heterocycles. The van der Waals surface area contributed by atoms with E-state index in [2.05, 4.69) is 0 Å². The van der Waals surface area contributed by atoms with Gasteiger partial charge in [0.1, 0.15) is 0 Å². The molecule has 0 amide bonds. The number of nitro groups is 1. The molecule has 0 aromatic heterocycles. The van der Waals surface area contributed by atoms with Crippen molar-refractivity contribution in [1.29, 1.82) is 0 Å². The first-order chi connectivity index (χ1) is 5.74. The van der Waals surface area contributed by atoms with Crippen molar-refractivity contribution in [3.8, 4) is 0 Å². The molecule has 0 aliphatic rings. The van der Waals surface area contributed by atoms with Crippen molar-refractivity contribution in [2.45, 2.75) is 0 Å². The van der Waals surface area contributed by atoms with Gasteiger partial charge in [0.25, 0.3) is 5.69 Å². The molecule has 12 heavy (non-hydrogen) atoms. The SMILES string of the molecule is O=[N+]([O-])c1cccc(/C=C/F)c1. The third-order valence-corrected chi connectivity index (χ3v) is 1.34. The van der Waals surface area contributed by atoms with E-state index in [1.54, 1.807) is 6.07 Å². The summed E-state index contributed by atoms with van der Waals surface area (Å²) in [7, 11) is 0. The molecule has 1 rings (SSSR count). The normalized spacial score (nSPS) is 10.4. The highest BCUT2D eigenvalue weighted by molar-refractivity contribution is 5.52. The van der Waals surface area contributed by atoms with Gasteiger partial charge in [0.05, 0.1) is 11.3 Å². The molecule has 0 unspecified atom stereocenters. The topological polar surface area (TPSA) is 43.1 Å². The van der Waals surface area contributed by atoms with E-state index in [4.69, 9.17) is 0 Å². The highest BCUT2D eigenvalue weighted by Gasteiger charge is 2.02. The van der Waals surface area contributed by atoms with Crippen molar-refractivity contribution >= 4 is 11.8 Å². The predicted molar refractivity (Wildman–Crippen MR) is 43.2 cm³/mol. The van der Waals surface area contributed by atoms with Crippen LogP contribution in [0.3, 0.4) is 0 Å². The Hall–Kier alpha value is -1.71. The summed E-state index contributed by atoms with van der Waals surface area (Å²) in [4.78, 5) is 9.73. The van der Waals surface area contributed by atoms with Crippen LogP contribution in [-0.2, 0) is 0 Å². The molecule has 0 heterocycles. The lowest BCUT2D eigenvalue weighted by Gasteiger charge is -1.92. The summed E-state index contributed by atoms with van der Waals surface area (Å²) in [6.07, 6.45) is 1.51. The van der Waals surface area contributed by atoms with Gasteiger partial charge < -0.3 is 0 Å². The number of non-ortho nitro benzene ring substituents is 1. The van der Waals surface area contributed by atoms with E-state index in [1.807, 2.05) is 0 Å². The maximum absolute atomic E-state index is 11.7. The van der Waals surface area contributed by atoms with Gasteiger partial charge >= 0.3 is 0 Å². The van der Waals surface area contributed by atoms with Gasteiger partial charge in [0, 0.05) is 12.1 Å². The van der Waals surface area contributed by atoms with Gasteiger partial charge in [0.2, 0.25) is 0 Å². The Morgan fingerprint density at radius 2 is 2.25 bits per heavy atom. The second-order valence-electron chi connectivity index (χ2n) is 2.14. The zero-order valence-electron chi connectivity index (χ0n) is 6.11. The third kappa shape index (κ3) is 1.88. The standard InChI is InChI=1S/C8H6FNO2/c9-5-4-7-2-1-3-8(6-7)10(11)12/h1-6H/b5-4+. The number of hydrogen-bond acceptors (Lipinski definition) is 2. The molecule has 1 aromatic carbocycles. The summed E-state index contributed by atoms with van der Waals surface area (Å²) in [5, 5.41) is 10.2. The number of benzene rings is 1. The maximum atomic E-state index is 11.7. The van der Waals surface area contributed by atoms with Gasteiger partial charge in [0.15, 0.2) is 0 Å². The number of rotatable bonds is 2. The number of nitro benzene ring substituents is 1. The number of nitrogens with zero attached hydrogens (tertiary/aromatic N) is 1.